The Kier molecular flexibility index (Phi) is 7.05. The van der Waals surface area contributed by atoms with Crippen molar-refractivity contribution in [3.8, 4) is 18.1 Å². The van der Waals surface area contributed by atoms with Gasteiger partial charge in [-0.15, -0.1) is 6.42 Å². The predicted octanol–water partition coefficient (Wildman–Crippen LogP) is 3.19. The Labute approximate surface area is 183 Å². The maximum absolute atomic E-state index is 13.2. The van der Waals surface area contributed by atoms with Crippen molar-refractivity contribution in [1.82, 2.24) is 5.32 Å². The number of alkyl carbamates (subject to hydrolysis) is 1. The first-order valence-electron chi connectivity index (χ1n) is 9.71. The zero-order chi connectivity index (χ0) is 23.3. The predicted molar refractivity (Wildman–Crippen MR) is 111 cm³/mol. The highest BCUT2D eigenvalue weighted by Gasteiger charge is 2.35. The molecule has 3 rings (SSSR count). The van der Waals surface area contributed by atoms with Gasteiger partial charge in [-0.05, 0) is 36.8 Å². The van der Waals surface area contributed by atoms with Crippen LogP contribution in [0.5, 0.6) is 5.75 Å². The van der Waals surface area contributed by atoms with Gasteiger partial charge in [0.25, 0.3) is 0 Å². The van der Waals surface area contributed by atoms with Gasteiger partial charge in [0, 0.05) is 19.0 Å². The van der Waals surface area contributed by atoms with Crippen molar-refractivity contribution in [2.75, 3.05) is 5.32 Å². The van der Waals surface area contributed by atoms with Gasteiger partial charge < -0.3 is 20.1 Å². The number of benzene rings is 2. The van der Waals surface area contributed by atoms with E-state index in [4.69, 9.17) is 15.9 Å². The summed E-state index contributed by atoms with van der Waals surface area (Å²) in [7, 11) is 0. The van der Waals surface area contributed by atoms with Crippen LogP contribution in [0, 0.1) is 29.9 Å². The largest absolute Gasteiger partial charge is 0.488 e. The summed E-state index contributed by atoms with van der Waals surface area (Å²) >= 11 is 0. The van der Waals surface area contributed by atoms with Gasteiger partial charge in [0.15, 0.2) is 5.78 Å². The Morgan fingerprint density at radius 1 is 1.25 bits per heavy atom. The maximum atomic E-state index is 13.2. The normalized spacial score (nSPS) is 18.1. The molecule has 2 aromatic carbocycles. The molecular formula is C23H20F2N2O5. The summed E-state index contributed by atoms with van der Waals surface area (Å²) in [4.78, 5) is 37.2. The first-order valence-corrected chi connectivity index (χ1v) is 9.71. The number of terminal acetylenes is 1. The Morgan fingerprint density at radius 3 is 2.62 bits per heavy atom. The monoisotopic (exact) mass is 442 g/mol. The molecule has 1 aliphatic heterocycles. The molecule has 0 saturated carbocycles. The van der Waals surface area contributed by atoms with Gasteiger partial charge in [-0.25, -0.2) is 13.6 Å². The number of Topliss-reactive ketones (excluding diaryl/α,β-unsaturated/α-hetero) is 1. The van der Waals surface area contributed by atoms with E-state index in [0.717, 1.165) is 12.1 Å². The number of ether oxygens (including phenoxy) is 2. The van der Waals surface area contributed by atoms with E-state index in [1.54, 1.807) is 31.2 Å². The van der Waals surface area contributed by atoms with E-state index in [-0.39, 0.29) is 18.5 Å². The lowest BCUT2D eigenvalue weighted by Crippen LogP contribution is -2.38. The molecule has 9 heteroatoms. The molecule has 1 aliphatic rings. The second kappa shape index (κ2) is 9.92. The van der Waals surface area contributed by atoms with E-state index in [2.05, 4.69) is 16.6 Å². The molecule has 0 fully saturated rings. The molecule has 2 amide bonds. The van der Waals surface area contributed by atoms with E-state index in [0.29, 0.717) is 17.5 Å². The molecule has 0 aliphatic carbocycles. The zero-order valence-electron chi connectivity index (χ0n) is 17.1. The highest BCUT2D eigenvalue weighted by molar-refractivity contribution is 5.99. The third-order valence-corrected chi connectivity index (χ3v) is 4.81. The number of ketones is 1. The summed E-state index contributed by atoms with van der Waals surface area (Å²) in [5.41, 5.74) is 0.640. The standard InChI is InChI=1S/C23H20F2N2O5/c1-3-20(32-23(30)26-12-14-8-15(24)10-16(25)9-14)19(28)11-17-13(2)31-21-7-5-4-6-18(21)27-22(17)29/h1,4-10,13,17,20H,11-12H2,2H3,(H,26,30)(H,27,29)/t13-,17?,20?/m1/s1. The summed E-state index contributed by atoms with van der Waals surface area (Å²) in [6.45, 7) is 1.41. The fourth-order valence-corrected chi connectivity index (χ4v) is 3.20. The quantitative estimate of drug-likeness (QED) is 0.671. The van der Waals surface area contributed by atoms with E-state index >= 15 is 0 Å². The molecule has 166 valence electrons. The topological polar surface area (TPSA) is 93.7 Å². The minimum absolute atomic E-state index is 0.156. The van der Waals surface area contributed by atoms with Gasteiger partial charge in [0.2, 0.25) is 12.0 Å². The van der Waals surface area contributed by atoms with Crippen LogP contribution < -0.4 is 15.4 Å². The Morgan fingerprint density at radius 2 is 1.94 bits per heavy atom. The van der Waals surface area contributed by atoms with Gasteiger partial charge in [-0.1, -0.05) is 18.1 Å². The number of fused-ring (bicyclic) bond motifs is 1. The number of halogens is 2. The molecule has 2 unspecified atom stereocenters. The summed E-state index contributed by atoms with van der Waals surface area (Å²) in [6, 6.07) is 9.63. The summed E-state index contributed by atoms with van der Waals surface area (Å²) < 4.78 is 37.2. The Hall–Kier alpha value is -3.93. The molecule has 3 atom stereocenters. The van der Waals surface area contributed by atoms with Crippen LogP contribution in [-0.4, -0.2) is 30.0 Å². The number of carbonyl (C=O) groups excluding carboxylic acids is 3. The molecule has 0 spiro atoms. The summed E-state index contributed by atoms with van der Waals surface area (Å²) in [6.07, 6.45) is 1.78. The Balaban J connectivity index is 1.59. The molecule has 0 saturated heterocycles. The van der Waals surface area contributed by atoms with Crippen molar-refractivity contribution in [2.24, 2.45) is 5.92 Å². The average Bonchev–Trinajstić information content (AvgIpc) is 2.85. The highest BCUT2D eigenvalue weighted by atomic mass is 19.1. The van der Waals surface area contributed by atoms with Crippen LogP contribution in [0.25, 0.3) is 0 Å². The minimum atomic E-state index is -1.55. The van der Waals surface area contributed by atoms with Gasteiger partial charge >= 0.3 is 6.09 Å². The SMILES string of the molecule is C#CC(OC(=O)NCc1cc(F)cc(F)c1)C(=O)CC1C(=O)Nc2ccccc2O[C@@H]1C. The zero-order valence-corrected chi connectivity index (χ0v) is 17.1. The molecule has 32 heavy (non-hydrogen) atoms. The molecular weight excluding hydrogens is 422 g/mol. The fourth-order valence-electron chi connectivity index (χ4n) is 3.20. The van der Waals surface area contributed by atoms with Crippen LogP contribution in [-0.2, 0) is 20.9 Å². The number of hydrogen-bond acceptors (Lipinski definition) is 5. The molecule has 0 aromatic heterocycles. The molecule has 2 aromatic rings. The van der Waals surface area contributed by atoms with Crippen LogP contribution >= 0.6 is 0 Å². The maximum Gasteiger partial charge on any atom is 0.409 e. The highest BCUT2D eigenvalue weighted by Crippen LogP contribution is 2.31. The first-order chi connectivity index (χ1) is 15.3. The summed E-state index contributed by atoms with van der Waals surface area (Å²) in [5, 5.41) is 4.97. The van der Waals surface area contributed by atoms with Crippen LogP contribution in [0.3, 0.4) is 0 Å². The molecule has 1 heterocycles. The number of amides is 2. The second-order valence-corrected chi connectivity index (χ2v) is 7.17. The first kappa shape index (κ1) is 22.7. The number of para-hydroxylation sites is 2. The third-order valence-electron chi connectivity index (χ3n) is 4.81. The molecule has 0 bridgehead atoms. The van der Waals surface area contributed by atoms with Crippen molar-refractivity contribution in [3.05, 3.63) is 59.7 Å². The lowest BCUT2D eigenvalue weighted by molar-refractivity contribution is -0.131. The minimum Gasteiger partial charge on any atom is -0.488 e. The molecule has 0 radical (unpaired) electrons. The van der Waals surface area contributed by atoms with Gasteiger partial charge in [-0.2, -0.15) is 0 Å². The Bertz CT molecular complexity index is 1060. The van der Waals surface area contributed by atoms with Crippen molar-refractivity contribution < 1.29 is 32.6 Å². The average molecular weight is 442 g/mol. The van der Waals surface area contributed by atoms with Crippen molar-refractivity contribution >= 4 is 23.5 Å². The van der Waals surface area contributed by atoms with Crippen LogP contribution in [0.2, 0.25) is 0 Å². The van der Waals surface area contributed by atoms with Crippen LogP contribution in [0.15, 0.2) is 42.5 Å². The lowest BCUT2D eigenvalue weighted by atomic mass is 9.94. The number of carbonyl (C=O) groups is 3. The summed E-state index contributed by atoms with van der Waals surface area (Å²) in [5.74, 6) is -1.01. The number of nitrogens with one attached hydrogen (secondary N) is 2. The van der Waals surface area contributed by atoms with Gasteiger partial charge in [0.05, 0.1) is 11.6 Å². The molecule has 7 nitrogen and oxygen atoms in total. The fraction of sp³-hybridized carbons (Fsp3) is 0.261. The van der Waals surface area contributed by atoms with E-state index in [1.807, 2.05) is 0 Å². The van der Waals surface area contributed by atoms with Crippen molar-refractivity contribution in [2.45, 2.75) is 32.1 Å². The van der Waals surface area contributed by atoms with Crippen molar-refractivity contribution in [3.63, 3.8) is 0 Å². The van der Waals surface area contributed by atoms with Crippen LogP contribution in [0.1, 0.15) is 18.9 Å². The third kappa shape index (κ3) is 5.60. The molecule has 2 N–H and O–H groups in total. The van der Waals surface area contributed by atoms with E-state index in [9.17, 15) is 23.2 Å². The number of anilines is 1. The van der Waals surface area contributed by atoms with Gasteiger partial charge in [0.1, 0.15) is 23.5 Å². The number of rotatable bonds is 6. The van der Waals surface area contributed by atoms with Crippen molar-refractivity contribution in [1.29, 1.82) is 0 Å². The van der Waals surface area contributed by atoms with Crippen LogP contribution in [0.4, 0.5) is 19.3 Å². The lowest BCUT2D eigenvalue weighted by Gasteiger charge is -2.21. The van der Waals surface area contributed by atoms with Gasteiger partial charge in [-0.3, -0.25) is 9.59 Å². The second-order valence-electron chi connectivity index (χ2n) is 7.17. The number of hydrogen-bond donors (Lipinski definition) is 2. The smallest absolute Gasteiger partial charge is 0.409 e. The van der Waals surface area contributed by atoms with E-state index in [1.165, 1.54) is 0 Å². The van der Waals surface area contributed by atoms with E-state index < -0.39 is 47.5 Å².